The van der Waals surface area contributed by atoms with Gasteiger partial charge in [0.15, 0.2) is 0 Å². The summed E-state index contributed by atoms with van der Waals surface area (Å²) in [6, 6.07) is 19.5. The molecule has 176 valence electrons. The Balaban J connectivity index is 1.30. The van der Waals surface area contributed by atoms with Crippen LogP contribution in [0.2, 0.25) is 0 Å². The molecule has 1 heterocycles. The van der Waals surface area contributed by atoms with E-state index in [4.69, 9.17) is 4.74 Å². The number of benzene rings is 3. The van der Waals surface area contributed by atoms with Crippen LogP contribution in [0.25, 0.3) is 0 Å². The molecule has 0 atom stereocenters. The van der Waals surface area contributed by atoms with Crippen LogP contribution in [0.4, 0.5) is 5.69 Å². The first-order valence-corrected chi connectivity index (χ1v) is 10.7. The van der Waals surface area contributed by atoms with Crippen LogP contribution in [0.1, 0.15) is 43.6 Å². The van der Waals surface area contributed by atoms with Crippen LogP contribution in [-0.4, -0.2) is 41.0 Å². The Kier molecular flexibility index (Phi) is 6.68. The van der Waals surface area contributed by atoms with Gasteiger partial charge in [0.05, 0.1) is 11.1 Å². The molecule has 3 aromatic rings. The van der Waals surface area contributed by atoms with Crippen molar-refractivity contribution in [2.75, 3.05) is 11.9 Å². The lowest BCUT2D eigenvalue weighted by molar-refractivity contribution is -0.131. The van der Waals surface area contributed by atoms with Crippen molar-refractivity contribution in [1.29, 1.82) is 0 Å². The summed E-state index contributed by atoms with van der Waals surface area (Å²) in [7, 11) is 0. The average Bonchev–Trinajstić information content (AvgIpc) is 3.08. The first-order valence-electron chi connectivity index (χ1n) is 10.7. The number of ether oxygens (including phenoxy) is 1. The maximum atomic E-state index is 12.4. The lowest BCUT2D eigenvalue weighted by Gasteiger charge is -2.14. The second-order valence-corrected chi connectivity index (χ2v) is 7.79. The van der Waals surface area contributed by atoms with Crippen molar-refractivity contribution in [3.63, 3.8) is 0 Å². The Morgan fingerprint density at radius 3 is 2.14 bits per heavy atom. The van der Waals surface area contributed by atoms with Gasteiger partial charge < -0.3 is 15.4 Å². The Morgan fingerprint density at radius 2 is 1.51 bits per heavy atom. The van der Waals surface area contributed by atoms with Crippen LogP contribution in [0.15, 0.2) is 72.8 Å². The summed E-state index contributed by atoms with van der Waals surface area (Å²) in [5.74, 6) is -2.02. The van der Waals surface area contributed by atoms with Gasteiger partial charge in [-0.2, -0.15) is 0 Å². The summed E-state index contributed by atoms with van der Waals surface area (Å²) < 4.78 is 4.99. The fraction of sp³-hybridized carbons (Fsp3) is 0.115. The number of fused-ring (bicyclic) bond motifs is 1. The molecule has 1 aliphatic heterocycles. The largest absolute Gasteiger partial charge is 0.427 e. The van der Waals surface area contributed by atoms with Crippen molar-refractivity contribution >= 4 is 35.3 Å². The van der Waals surface area contributed by atoms with E-state index in [9.17, 15) is 24.0 Å². The van der Waals surface area contributed by atoms with Crippen molar-refractivity contribution in [2.45, 2.75) is 13.5 Å². The summed E-state index contributed by atoms with van der Waals surface area (Å²) >= 11 is 0. The molecular weight excluding hydrogens is 450 g/mol. The zero-order chi connectivity index (χ0) is 24.9. The van der Waals surface area contributed by atoms with Crippen molar-refractivity contribution < 1.29 is 28.7 Å². The lowest BCUT2D eigenvalue weighted by atomic mass is 10.1. The van der Waals surface area contributed by atoms with E-state index in [2.05, 4.69) is 10.6 Å². The Morgan fingerprint density at radius 1 is 0.857 bits per heavy atom. The van der Waals surface area contributed by atoms with E-state index < -0.39 is 30.2 Å². The second-order valence-electron chi connectivity index (χ2n) is 7.79. The highest BCUT2D eigenvalue weighted by Gasteiger charge is 2.36. The molecule has 0 fully saturated rings. The standard InChI is InChI=1S/C26H21N3O6/c1-16(30)35-20-6-4-5-18(13-20)24(32)27-14-17-9-11-19(12-10-17)28-23(31)15-29-25(33)21-7-2-3-8-22(21)26(29)34/h2-13H,14-15H2,1H3,(H,27,32)(H,28,31). The van der Waals surface area contributed by atoms with E-state index in [1.165, 1.54) is 13.0 Å². The minimum atomic E-state index is -0.506. The van der Waals surface area contributed by atoms with Crippen molar-refractivity contribution in [1.82, 2.24) is 10.2 Å². The molecule has 0 saturated carbocycles. The fourth-order valence-electron chi connectivity index (χ4n) is 3.58. The summed E-state index contributed by atoms with van der Waals surface area (Å²) in [5.41, 5.74) is 2.19. The van der Waals surface area contributed by atoms with Crippen LogP contribution in [-0.2, 0) is 16.1 Å². The van der Waals surface area contributed by atoms with E-state index in [1.54, 1.807) is 66.7 Å². The molecule has 4 amide bonds. The molecule has 9 heteroatoms. The number of carbonyl (C=O) groups is 5. The van der Waals surface area contributed by atoms with Gasteiger partial charge in [-0.15, -0.1) is 0 Å². The quantitative estimate of drug-likeness (QED) is 0.310. The van der Waals surface area contributed by atoms with Crippen LogP contribution in [0, 0.1) is 0 Å². The molecule has 9 nitrogen and oxygen atoms in total. The Hall–Kier alpha value is -4.79. The van der Waals surface area contributed by atoms with Gasteiger partial charge in [-0.25, -0.2) is 0 Å². The molecule has 2 N–H and O–H groups in total. The fourth-order valence-corrected chi connectivity index (χ4v) is 3.58. The molecule has 0 unspecified atom stereocenters. The van der Waals surface area contributed by atoms with E-state index in [0.29, 0.717) is 11.3 Å². The maximum Gasteiger partial charge on any atom is 0.308 e. The number of hydrogen-bond donors (Lipinski definition) is 2. The number of rotatable bonds is 7. The first kappa shape index (κ1) is 23.4. The zero-order valence-electron chi connectivity index (χ0n) is 18.7. The van der Waals surface area contributed by atoms with E-state index in [-0.39, 0.29) is 29.3 Å². The van der Waals surface area contributed by atoms with Crippen LogP contribution in [0.5, 0.6) is 5.75 Å². The van der Waals surface area contributed by atoms with E-state index in [1.807, 2.05) is 0 Å². The molecule has 3 aromatic carbocycles. The van der Waals surface area contributed by atoms with Gasteiger partial charge in [0.2, 0.25) is 5.91 Å². The Bertz CT molecular complexity index is 1300. The third-order valence-corrected chi connectivity index (χ3v) is 5.23. The summed E-state index contributed by atoms with van der Waals surface area (Å²) in [5, 5.41) is 5.44. The summed E-state index contributed by atoms with van der Waals surface area (Å²) in [4.78, 5) is 61.6. The Labute approximate surface area is 200 Å². The molecule has 0 aliphatic carbocycles. The van der Waals surface area contributed by atoms with Gasteiger partial charge >= 0.3 is 5.97 Å². The summed E-state index contributed by atoms with van der Waals surface area (Å²) in [6.45, 7) is 1.12. The number of esters is 1. The molecule has 1 aliphatic rings. The van der Waals surface area contributed by atoms with Gasteiger partial charge in [0.25, 0.3) is 17.7 Å². The highest BCUT2D eigenvalue weighted by Crippen LogP contribution is 2.22. The minimum Gasteiger partial charge on any atom is -0.427 e. The number of carbonyl (C=O) groups excluding carboxylic acids is 5. The van der Waals surface area contributed by atoms with Crippen molar-refractivity contribution in [3.8, 4) is 5.75 Å². The lowest BCUT2D eigenvalue weighted by Crippen LogP contribution is -2.37. The first-order chi connectivity index (χ1) is 16.8. The summed E-state index contributed by atoms with van der Waals surface area (Å²) in [6.07, 6.45) is 0. The zero-order valence-corrected chi connectivity index (χ0v) is 18.7. The SMILES string of the molecule is CC(=O)Oc1cccc(C(=O)NCc2ccc(NC(=O)CN3C(=O)c4ccccc4C3=O)cc2)c1. The molecule has 0 radical (unpaired) electrons. The molecule has 4 rings (SSSR count). The van der Waals surface area contributed by atoms with Gasteiger partial charge in [-0.05, 0) is 48.0 Å². The van der Waals surface area contributed by atoms with Gasteiger partial charge in [-0.3, -0.25) is 28.9 Å². The third kappa shape index (κ3) is 5.41. The van der Waals surface area contributed by atoms with Gasteiger partial charge in [0.1, 0.15) is 12.3 Å². The molecule has 35 heavy (non-hydrogen) atoms. The van der Waals surface area contributed by atoms with Gasteiger partial charge in [0, 0.05) is 24.7 Å². The third-order valence-electron chi connectivity index (χ3n) is 5.23. The predicted molar refractivity (Wildman–Crippen MR) is 126 cm³/mol. The number of anilines is 1. The van der Waals surface area contributed by atoms with Crippen LogP contribution < -0.4 is 15.4 Å². The normalized spacial score (nSPS) is 12.2. The van der Waals surface area contributed by atoms with Crippen LogP contribution >= 0.6 is 0 Å². The molecule has 0 spiro atoms. The smallest absolute Gasteiger partial charge is 0.308 e. The molecule has 0 bridgehead atoms. The van der Waals surface area contributed by atoms with E-state index in [0.717, 1.165) is 10.5 Å². The average molecular weight is 471 g/mol. The molecule has 0 aromatic heterocycles. The highest BCUT2D eigenvalue weighted by molar-refractivity contribution is 6.22. The maximum absolute atomic E-state index is 12.4. The molecular formula is C26H21N3O6. The second kappa shape index (κ2) is 10.0. The minimum absolute atomic E-state index is 0.236. The number of hydrogen-bond acceptors (Lipinski definition) is 6. The topological polar surface area (TPSA) is 122 Å². The highest BCUT2D eigenvalue weighted by atomic mass is 16.5. The monoisotopic (exact) mass is 471 g/mol. The van der Waals surface area contributed by atoms with Crippen molar-refractivity contribution in [2.24, 2.45) is 0 Å². The van der Waals surface area contributed by atoms with Gasteiger partial charge in [-0.1, -0.05) is 30.3 Å². The number of nitrogens with zero attached hydrogens (tertiary/aromatic N) is 1. The van der Waals surface area contributed by atoms with E-state index >= 15 is 0 Å². The van der Waals surface area contributed by atoms with Crippen LogP contribution in [0.3, 0.4) is 0 Å². The number of nitrogens with one attached hydrogen (secondary N) is 2. The van der Waals surface area contributed by atoms with Crippen molar-refractivity contribution in [3.05, 3.63) is 95.1 Å². The molecule has 0 saturated heterocycles. The number of imide groups is 1. The number of amides is 4. The predicted octanol–water partition coefficient (Wildman–Crippen LogP) is 2.78.